The SMILES string of the molecule is COCC(NC(=O)NCC1(O)CCC1)c1ccco1. The van der Waals surface area contributed by atoms with Gasteiger partial charge in [0.2, 0.25) is 0 Å². The molecule has 1 aromatic rings. The van der Waals surface area contributed by atoms with Crippen LogP contribution < -0.4 is 10.6 Å². The Morgan fingerprint density at radius 3 is 2.95 bits per heavy atom. The standard InChI is InChI=1S/C13H20N2O4/c1-18-8-10(11-4-2-7-19-11)15-12(16)14-9-13(17)5-3-6-13/h2,4,7,10,17H,3,5-6,8-9H2,1H3,(H2,14,15,16). The maximum atomic E-state index is 11.8. The van der Waals surface area contributed by atoms with Crippen molar-refractivity contribution >= 4 is 6.03 Å². The summed E-state index contributed by atoms with van der Waals surface area (Å²) in [5, 5.41) is 15.3. The summed E-state index contributed by atoms with van der Waals surface area (Å²) in [5.74, 6) is 0.638. The van der Waals surface area contributed by atoms with Crippen molar-refractivity contribution in [2.45, 2.75) is 30.9 Å². The number of nitrogens with one attached hydrogen (secondary N) is 2. The molecule has 1 fully saturated rings. The predicted octanol–water partition coefficient (Wildman–Crippen LogP) is 1.18. The largest absolute Gasteiger partial charge is 0.467 e. The Balaban J connectivity index is 1.81. The Morgan fingerprint density at radius 1 is 1.63 bits per heavy atom. The molecule has 6 nitrogen and oxygen atoms in total. The summed E-state index contributed by atoms with van der Waals surface area (Å²) in [7, 11) is 1.56. The molecule has 0 bridgehead atoms. The molecule has 1 heterocycles. The van der Waals surface area contributed by atoms with E-state index >= 15 is 0 Å². The van der Waals surface area contributed by atoms with Gasteiger partial charge in [0.05, 0.1) is 18.5 Å². The van der Waals surface area contributed by atoms with Gasteiger partial charge in [-0.05, 0) is 31.4 Å². The van der Waals surface area contributed by atoms with E-state index in [1.807, 2.05) is 0 Å². The Bertz CT molecular complexity index is 401. The first-order valence-electron chi connectivity index (χ1n) is 6.42. The number of amides is 2. The summed E-state index contributed by atoms with van der Waals surface area (Å²) in [6.45, 7) is 0.599. The van der Waals surface area contributed by atoms with Crippen LogP contribution in [0.3, 0.4) is 0 Å². The summed E-state index contributed by atoms with van der Waals surface area (Å²) < 4.78 is 10.3. The second-order valence-corrected chi connectivity index (χ2v) is 4.93. The molecule has 3 N–H and O–H groups in total. The second-order valence-electron chi connectivity index (χ2n) is 4.93. The van der Waals surface area contributed by atoms with Crippen LogP contribution in [0.4, 0.5) is 4.79 Å². The quantitative estimate of drug-likeness (QED) is 0.723. The van der Waals surface area contributed by atoms with Gasteiger partial charge in [-0.3, -0.25) is 0 Å². The molecule has 0 spiro atoms. The first-order chi connectivity index (χ1) is 9.13. The van der Waals surface area contributed by atoms with Crippen LogP contribution in [0.15, 0.2) is 22.8 Å². The third kappa shape index (κ3) is 3.71. The molecule has 6 heteroatoms. The van der Waals surface area contributed by atoms with Crippen LogP contribution in [-0.2, 0) is 4.74 Å². The van der Waals surface area contributed by atoms with E-state index in [-0.39, 0.29) is 18.6 Å². The van der Waals surface area contributed by atoms with Crippen molar-refractivity contribution < 1.29 is 19.1 Å². The molecular formula is C13H20N2O4. The molecule has 1 aliphatic rings. The third-order valence-corrected chi connectivity index (χ3v) is 3.39. The average Bonchev–Trinajstić information content (AvgIpc) is 2.87. The number of hydrogen-bond donors (Lipinski definition) is 3. The molecule has 0 aliphatic heterocycles. The molecule has 0 aromatic carbocycles. The Hall–Kier alpha value is -1.53. The van der Waals surface area contributed by atoms with E-state index in [0.717, 1.165) is 19.3 Å². The highest BCUT2D eigenvalue weighted by Crippen LogP contribution is 2.30. The van der Waals surface area contributed by atoms with E-state index < -0.39 is 5.60 Å². The smallest absolute Gasteiger partial charge is 0.315 e. The van der Waals surface area contributed by atoms with E-state index in [2.05, 4.69) is 10.6 Å². The van der Waals surface area contributed by atoms with Gasteiger partial charge in [0.15, 0.2) is 0 Å². The molecule has 1 aliphatic carbocycles. The second kappa shape index (κ2) is 6.08. The van der Waals surface area contributed by atoms with Crippen LogP contribution in [0.2, 0.25) is 0 Å². The number of urea groups is 1. The van der Waals surface area contributed by atoms with Crippen LogP contribution in [0.25, 0.3) is 0 Å². The topological polar surface area (TPSA) is 83.7 Å². The maximum absolute atomic E-state index is 11.8. The zero-order valence-electron chi connectivity index (χ0n) is 11.0. The number of furan rings is 1. The van der Waals surface area contributed by atoms with E-state index in [9.17, 15) is 9.90 Å². The molecule has 0 radical (unpaired) electrons. The van der Waals surface area contributed by atoms with Gasteiger partial charge >= 0.3 is 6.03 Å². The van der Waals surface area contributed by atoms with Gasteiger partial charge in [0, 0.05) is 13.7 Å². The van der Waals surface area contributed by atoms with E-state index in [4.69, 9.17) is 9.15 Å². The zero-order chi connectivity index (χ0) is 13.7. The van der Waals surface area contributed by atoms with E-state index in [1.165, 1.54) is 0 Å². The minimum atomic E-state index is -0.723. The summed E-state index contributed by atoms with van der Waals surface area (Å²) in [4.78, 5) is 11.8. The summed E-state index contributed by atoms with van der Waals surface area (Å²) >= 11 is 0. The van der Waals surface area contributed by atoms with Gasteiger partial charge in [-0.15, -0.1) is 0 Å². The molecule has 1 unspecified atom stereocenters. The summed E-state index contributed by atoms with van der Waals surface area (Å²) in [6, 6.07) is 2.87. The monoisotopic (exact) mass is 268 g/mol. The normalized spacial score (nSPS) is 18.4. The van der Waals surface area contributed by atoms with Crippen molar-refractivity contribution in [1.82, 2.24) is 10.6 Å². The Kier molecular flexibility index (Phi) is 4.44. The molecule has 2 amide bonds. The van der Waals surface area contributed by atoms with Crippen LogP contribution in [0.1, 0.15) is 31.1 Å². The van der Waals surface area contributed by atoms with Gasteiger partial charge in [0.25, 0.3) is 0 Å². The number of carbonyl (C=O) groups excluding carboxylic acids is 1. The molecule has 1 aromatic heterocycles. The van der Waals surface area contributed by atoms with Crippen LogP contribution in [-0.4, -0.2) is 37.0 Å². The number of methoxy groups -OCH3 is 1. The van der Waals surface area contributed by atoms with Crippen molar-refractivity contribution in [3.63, 3.8) is 0 Å². The van der Waals surface area contributed by atoms with E-state index in [0.29, 0.717) is 12.4 Å². The zero-order valence-corrected chi connectivity index (χ0v) is 11.0. The lowest BCUT2D eigenvalue weighted by atomic mass is 9.80. The fraction of sp³-hybridized carbons (Fsp3) is 0.615. The molecule has 2 rings (SSSR count). The number of rotatable bonds is 6. The third-order valence-electron chi connectivity index (χ3n) is 3.39. The molecule has 19 heavy (non-hydrogen) atoms. The van der Waals surface area contributed by atoms with Crippen LogP contribution >= 0.6 is 0 Å². The maximum Gasteiger partial charge on any atom is 0.315 e. The highest BCUT2D eigenvalue weighted by atomic mass is 16.5. The van der Waals surface area contributed by atoms with Gasteiger partial charge < -0.3 is 24.9 Å². The number of aliphatic hydroxyl groups is 1. The lowest BCUT2D eigenvalue weighted by Gasteiger charge is -2.36. The van der Waals surface area contributed by atoms with Gasteiger partial charge in [0.1, 0.15) is 11.8 Å². The van der Waals surface area contributed by atoms with E-state index in [1.54, 1.807) is 25.5 Å². The van der Waals surface area contributed by atoms with Crippen molar-refractivity contribution in [3.05, 3.63) is 24.2 Å². The molecule has 106 valence electrons. The molecule has 1 saturated carbocycles. The number of carbonyl (C=O) groups is 1. The minimum Gasteiger partial charge on any atom is -0.467 e. The minimum absolute atomic E-state index is 0.274. The summed E-state index contributed by atoms with van der Waals surface area (Å²) in [6.07, 6.45) is 4.05. The van der Waals surface area contributed by atoms with Gasteiger partial charge in [-0.2, -0.15) is 0 Å². The fourth-order valence-electron chi connectivity index (χ4n) is 2.07. The number of ether oxygens (including phenoxy) is 1. The average molecular weight is 268 g/mol. The first kappa shape index (κ1) is 13.9. The van der Waals surface area contributed by atoms with Crippen molar-refractivity contribution in [3.8, 4) is 0 Å². The fourth-order valence-corrected chi connectivity index (χ4v) is 2.07. The predicted molar refractivity (Wildman–Crippen MR) is 68.7 cm³/mol. The van der Waals surface area contributed by atoms with Crippen LogP contribution in [0, 0.1) is 0 Å². The van der Waals surface area contributed by atoms with Gasteiger partial charge in [-0.1, -0.05) is 0 Å². The molecular weight excluding hydrogens is 248 g/mol. The Labute approximate surface area is 112 Å². The highest BCUT2D eigenvalue weighted by Gasteiger charge is 2.34. The van der Waals surface area contributed by atoms with Crippen molar-refractivity contribution in [2.24, 2.45) is 0 Å². The van der Waals surface area contributed by atoms with Crippen molar-refractivity contribution in [1.29, 1.82) is 0 Å². The Morgan fingerprint density at radius 2 is 2.42 bits per heavy atom. The lowest BCUT2D eigenvalue weighted by Crippen LogP contribution is -2.50. The summed E-state index contributed by atoms with van der Waals surface area (Å²) in [5.41, 5.74) is -0.723. The highest BCUT2D eigenvalue weighted by molar-refractivity contribution is 5.74. The molecule has 0 saturated heterocycles. The van der Waals surface area contributed by atoms with Gasteiger partial charge in [-0.25, -0.2) is 4.79 Å². The molecule has 1 atom stereocenters. The number of hydrogen-bond acceptors (Lipinski definition) is 4. The van der Waals surface area contributed by atoms with Crippen LogP contribution in [0.5, 0.6) is 0 Å². The lowest BCUT2D eigenvalue weighted by molar-refractivity contribution is -0.0291. The first-order valence-corrected chi connectivity index (χ1v) is 6.42. The van der Waals surface area contributed by atoms with Crippen molar-refractivity contribution in [2.75, 3.05) is 20.3 Å².